The fraction of sp³-hybridized carbons (Fsp3) is 0.320. The van der Waals surface area contributed by atoms with Gasteiger partial charge < -0.3 is 24.1 Å². The number of hydrogen-bond acceptors (Lipinski definition) is 4. The van der Waals surface area contributed by atoms with Crippen LogP contribution in [0.4, 0.5) is 0 Å². The summed E-state index contributed by atoms with van der Waals surface area (Å²) in [6, 6.07) is 22.2. The van der Waals surface area contributed by atoms with Crippen LogP contribution in [-0.2, 0) is 24.4 Å². The number of carbonyl (C=O) groups is 1. The number of quaternary nitrogens is 1. The monoisotopic (exact) mass is 423 g/mol. The summed E-state index contributed by atoms with van der Waals surface area (Å²) in [5.74, 6) is 1.79. The van der Waals surface area contributed by atoms with Gasteiger partial charge in [-0.25, -0.2) is 0 Å². The number of methoxy groups -OCH3 is 2. The van der Waals surface area contributed by atoms with Gasteiger partial charge >= 0.3 is 0 Å². The molecule has 0 fully saturated rings. The molecule has 0 aliphatic rings. The van der Waals surface area contributed by atoms with Crippen molar-refractivity contribution in [3.63, 3.8) is 0 Å². The van der Waals surface area contributed by atoms with Crippen LogP contribution in [0, 0.1) is 0 Å². The van der Waals surface area contributed by atoms with Gasteiger partial charge in [0.2, 0.25) is 0 Å². The molecule has 1 atom stereocenters. The van der Waals surface area contributed by atoms with Crippen LogP contribution in [0.2, 0.25) is 0 Å². The second-order valence-corrected chi connectivity index (χ2v) is 7.48. The Balaban J connectivity index is 1.66. The molecular weight excluding hydrogens is 392 g/mol. The minimum atomic E-state index is -0.192. The van der Waals surface area contributed by atoms with Gasteiger partial charge in [0.1, 0.15) is 25.4 Å². The maximum absolute atomic E-state index is 12.3. The molecule has 0 bridgehead atoms. The molecule has 0 aliphatic heterocycles. The van der Waals surface area contributed by atoms with Crippen LogP contribution in [0.5, 0.6) is 5.75 Å². The topological polar surface area (TPSA) is 65.1 Å². The first-order valence-corrected chi connectivity index (χ1v) is 10.5. The summed E-state index contributed by atoms with van der Waals surface area (Å²) in [4.78, 5) is 13.6. The van der Waals surface area contributed by atoms with E-state index in [-0.39, 0.29) is 5.91 Å². The number of carbonyl (C=O) groups excluding carboxylic acids is 1. The van der Waals surface area contributed by atoms with E-state index in [0.717, 1.165) is 31.0 Å². The lowest BCUT2D eigenvalue weighted by atomic mass is 10.1. The zero-order chi connectivity index (χ0) is 21.9. The van der Waals surface area contributed by atoms with Crippen LogP contribution in [0.25, 0.3) is 0 Å². The molecule has 2 N–H and O–H groups in total. The van der Waals surface area contributed by atoms with Gasteiger partial charge in [-0.1, -0.05) is 30.3 Å². The normalized spacial score (nSPS) is 11.8. The highest BCUT2D eigenvalue weighted by atomic mass is 16.5. The number of ether oxygens (including phenoxy) is 2. The third-order valence-corrected chi connectivity index (χ3v) is 5.03. The van der Waals surface area contributed by atoms with Crippen molar-refractivity contribution in [2.75, 3.05) is 27.4 Å². The number of furan rings is 1. The number of amides is 1. The summed E-state index contributed by atoms with van der Waals surface area (Å²) in [5.41, 5.74) is 2.48. The minimum absolute atomic E-state index is 0.192. The Kier molecular flexibility index (Phi) is 8.70. The zero-order valence-corrected chi connectivity index (χ0v) is 18.2. The van der Waals surface area contributed by atoms with Crippen molar-refractivity contribution in [2.45, 2.75) is 26.1 Å². The molecule has 1 aromatic heterocycles. The van der Waals surface area contributed by atoms with Gasteiger partial charge in [-0.05, 0) is 42.8 Å². The van der Waals surface area contributed by atoms with Crippen LogP contribution in [0.3, 0.4) is 0 Å². The van der Waals surface area contributed by atoms with Crippen molar-refractivity contribution >= 4 is 5.91 Å². The average Bonchev–Trinajstić information content (AvgIpc) is 3.26. The van der Waals surface area contributed by atoms with E-state index >= 15 is 0 Å². The fourth-order valence-electron chi connectivity index (χ4n) is 3.45. The number of rotatable bonds is 12. The van der Waals surface area contributed by atoms with E-state index in [9.17, 15) is 4.79 Å². The van der Waals surface area contributed by atoms with Gasteiger partial charge in [0, 0.05) is 31.4 Å². The molecule has 1 amide bonds. The van der Waals surface area contributed by atoms with Gasteiger partial charge in [0.05, 0.1) is 7.11 Å². The molecule has 0 radical (unpaired) electrons. The summed E-state index contributed by atoms with van der Waals surface area (Å²) in [7, 11) is 3.32. The Morgan fingerprint density at radius 1 is 0.903 bits per heavy atom. The maximum atomic E-state index is 12.3. The Bertz CT molecular complexity index is 922. The van der Waals surface area contributed by atoms with Crippen LogP contribution in [0.15, 0.2) is 71.1 Å². The number of hydrogen-bond donors (Lipinski definition) is 2. The van der Waals surface area contributed by atoms with Gasteiger partial charge in [-0.3, -0.25) is 4.79 Å². The molecule has 0 spiro atoms. The molecule has 0 saturated heterocycles. The van der Waals surface area contributed by atoms with Crippen molar-refractivity contribution in [2.24, 2.45) is 0 Å². The molecule has 2 aromatic carbocycles. The second kappa shape index (κ2) is 11.9. The number of benzene rings is 2. The highest BCUT2D eigenvalue weighted by Crippen LogP contribution is 2.11. The first kappa shape index (κ1) is 22.6. The molecule has 0 aliphatic carbocycles. The molecule has 3 aromatic rings. The van der Waals surface area contributed by atoms with Gasteiger partial charge in [-0.15, -0.1) is 0 Å². The van der Waals surface area contributed by atoms with Crippen molar-refractivity contribution < 1.29 is 23.6 Å². The van der Waals surface area contributed by atoms with E-state index < -0.39 is 0 Å². The maximum Gasteiger partial charge on any atom is 0.287 e. The zero-order valence-electron chi connectivity index (χ0n) is 18.2. The van der Waals surface area contributed by atoms with Crippen LogP contribution < -0.4 is 15.0 Å². The van der Waals surface area contributed by atoms with Gasteiger partial charge in [0.15, 0.2) is 11.5 Å². The molecule has 1 unspecified atom stereocenters. The molecule has 3 rings (SSSR count). The van der Waals surface area contributed by atoms with E-state index in [1.54, 1.807) is 20.3 Å². The first-order chi connectivity index (χ1) is 15.2. The highest BCUT2D eigenvalue weighted by molar-refractivity contribution is 5.91. The fourth-order valence-corrected chi connectivity index (χ4v) is 3.45. The first-order valence-electron chi connectivity index (χ1n) is 10.5. The lowest BCUT2D eigenvalue weighted by molar-refractivity contribution is -0.942. The summed E-state index contributed by atoms with van der Waals surface area (Å²) in [5, 5.41) is 2.86. The lowest BCUT2D eigenvalue weighted by Gasteiger charge is -2.19. The summed E-state index contributed by atoms with van der Waals surface area (Å²) >= 11 is 0. The van der Waals surface area contributed by atoms with Crippen molar-refractivity contribution in [3.05, 3.63) is 89.4 Å². The smallest absolute Gasteiger partial charge is 0.287 e. The van der Waals surface area contributed by atoms with Crippen molar-refractivity contribution in [1.82, 2.24) is 5.32 Å². The van der Waals surface area contributed by atoms with Crippen LogP contribution in [0.1, 0.15) is 33.9 Å². The third kappa shape index (κ3) is 7.27. The molecule has 1 heterocycles. The van der Waals surface area contributed by atoms with Crippen LogP contribution >= 0.6 is 0 Å². The largest absolute Gasteiger partial charge is 0.497 e. The van der Waals surface area contributed by atoms with Gasteiger partial charge in [-0.2, -0.15) is 0 Å². The van der Waals surface area contributed by atoms with E-state index in [0.29, 0.717) is 25.5 Å². The third-order valence-electron chi connectivity index (χ3n) is 5.03. The van der Waals surface area contributed by atoms with Crippen LogP contribution in [-0.4, -0.2) is 33.3 Å². The molecular formula is C25H31N2O4+. The molecule has 164 valence electrons. The Hall–Kier alpha value is -3.09. The van der Waals surface area contributed by atoms with E-state index in [1.807, 2.05) is 24.3 Å². The van der Waals surface area contributed by atoms with E-state index in [4.69, 9.17) is 13.9 Å². The standard InChI is InChI=1S/C25H30N2O4/c1-29-16-6-15-26-25(28)24-14-13-23(31-24)19-27(17-20-7-4-3-5-8-20)18-21-9-11-22(30-2)12-10-21/h3-5,7-14H,6,15-19H2,1-2H3,(H,26,28)/p+1. The Morgan fingerprint density at radius 3 is 2.29 bits per heavy atom. The SMILES string of the molecule is COCCCNC(=O)c1ccc(C[NH+](Cc2ccccc2)Cc2ccc(OC)cc2)o1. The predicted octanol–water partition coefficient (Wildman–Crippen LogP) is 2.84. The minimum Gasteiger partial charge on any atom is -0.497 e. The Labute approximate surface area is 183 Å². The second-order valence-electron chi connectivity index (χ2n) is 7.48. The average molecular weight is 424 g/mol. The highest BCUT2D eigenvalue weighted by Gasteiger charge is 2.17. The summed E-state index contributed by atoms with van der Waals surface area (Å²) < 4.78 is 16.1. The summed E-state index contributed by atoms with van der Waals surface area (Å²) in [6.07, 6.45) is 0.771. The van der Waals surface area contributed by atoms with E-state index in [2.05, 4.69) is 41.7 Å². The molecule has 6 nitrogen and oxygen atoms in total. The number of nitrogens with one attached hydrogen (secondary N) is 2. The summed E-state index contributed by atoms with van der Waals surface area (Å²) in [6.45, 7) is 3.54. The molecule has 0 saturated carbocycles. The van der Waals surface area contributed by atoms with Gasteiger partial charge in [0.25, 0.3) is 5.91 Å². The molecule has 31 heavy (non-hydrogen) atoms. The quantitative estimate of drug-likeness (QED) is 0.440. The lowest BCUT2D eigenvalue weighted by Crippen LogP contribution is -3.08. The van der Waals surface area contributed by atoms with E-state index in [1.165, 1.54) is 16.0 Å². The molecule has 6 heteroatoms. The Morgan fingerprint density at radius 2 is 1.61 bits per heavy atom. The predicted molar refractivity (Wildman–Crippen MR) is 119 cm³/mol. The van der Waals surface area contributed by atoms with Crippen molar-refractivity contribution in [3.8, 4) is 5.75 Å². The van der Waals surface area contributed by atoms with Crippen molar-refractivity contribution in [1.29, 1.82) is 0 Å².